The lowest BCUT2D eigenvalue weighted by atomic mass is 10.0. The van der Waals surface area contributed by atoms with E-state index >= 15 is 0 Å². The van der Waals surface area contributed by atoms with E-state index in [-0.39, 0.29) is 31.1 Å². The van der Waals surface area contributed by atoms with Gasteiger partial charge in [0.1, 0.15) is 13.2 Å². The largest absolute Gasteiger partial charge is 0.462 e. The van der Waals surface area contributed by atoms with E-state index in [0.29, 0.717) is 19.3 Å². The van der Waals surface area contributed by atoms with Crippen LogP contribution in [0.5, 0.6) is 0 Å². The van der Waals surface area contributed by atoms with Gasteiger partial charge in [-0.3, -0.25) is 14.4 Å². The van der Waals surface area contributed by atoms with Gasteiger partial charge in [-0.05, 0) is 103 Å². The lowest BCUT2D eigenvalue weighted by Gasteiger charge is -2.18. The Kier molecular flexibility index (Phi) is 62.2. The number of carbonyl (C=O) groups excluding carboxylic acids is 3. The van der Waals surface area contributed by atoms with E-state index in [1.54, 1.807) is 0 Å². The quantitative estimate of drug-likeness (QED) is 0.0261. The molecule has 0 saturated carbocycles. The van der Waals surface area contributed by atoms with Crippen LogP contribution in [0.1, 0.15) is 348 Å². The van der Waals surface area contributed by atoms with E-state index in [1.165, 1.54) is 225 Å². The molecular formula is C70H126O6. The maximum absolute atomic E-state index is 12.9. The maximum Gasteiger partial charge on any atom is 0.306 e. The number of rotatable bonds is 61. The average molecular weight is 1060 g/mol. The predicted molar refractivity (Wildman–Crippen MR) is 330 cm³/mol. The Morgan fingerprint density at radius 2 is 0.513 bits per heavy atom. The van der Waals surface area contributed by atoms with Gasteiger partial charge in [-0.25, -0.2) is 0 Å². The van der Waals surface area contributed by atoms with Crippen LogP contribution in [0.4, 0.5) is 0 Å². The Hall–Kier alpha value is -2.89. The molecule has 0 fully saturated rings. The molecule has 76 heavy (non-hydrogen) atoms. The number of carbonyl (C=O) groups is 3. The third kappa shape index (κ3) is 62.0. The fraction of sp³-hybridized carbons (Fsp3) is 0.814. The van der Waals surface area contributed by atoms with Gasteiger partial charge in [-0.15, -0.1) is 0 Å². The summed E-state index contributed by atoms with van der Waals surface area (Å²) in [7, 11) is 0. The first-order valence-corrected chi connectivity index (χ1v) is 33.3. The first-order valence-electron chi connectivity index (χ1n) is 33.3. The standard InChI is InChI=1S/C70H126O6/c1-4-7-10-13-16-19-22-25-28-31-33-34-35-36-37-40-42-45-48-51-54-57-60-63-69(72)75-66-67(65-74-68(71)62-59-56-53-50-47-44-41-38-30-27-24-21-18-15-12-9-6-3)76-70(73)64-61-58-55-52-49-46-43-39-32-29-26-23-20-17-14-11-8-5-2/h9,12,18,21,27,29-33,67H,4-8,10-11,13-17,19-20,22-26,28,34-66H2,1-3H3/b12-9-,21-18-,30-27-,32-29-,33-31-. The molecule has 0 saturated heterocycles. The second kappa shape index (κ2) is 64.6. The Balaban J connectivity index is 4.34. The molecule has 0 radical (unpaired) electrons. The van der Waals surface area contributed by atoms with Gasteiger partial charge in [0, 0.05) is 19.3 Å². The van der Waals surface area contributed by atoms with Crippen LogP contribution < -0.4 is 0 Å². The van der Waals surface area contributed by atoms with Crippen LogP contribution in [0.3, 0.4) is 0 Å². The molecule has 0 spiro atoms. The van der Waals surface area contributed by atoms with Crippen molar-refractivity contribution in [3.05, 3.63) is 60.8 Å². The van der Waals surface area contributed by atoms with Crippen molar-refractivity contribution in [1.29, 1.82) is 0 Å². The molecule has 0 aromatic rings. The van der Waals surface area contributed by atoms with E-state index in [9.17, 15) is 14.4 Å². The van der Waals surface area contributed by atoms with Gasteiger partial charge in [0.15, 0.2) is 6.10 Å². The summed E-state index contributed by atoms with van der Waals surface area (Å²) < 4.78 is 17.0. The molecule has 1 atom stereocenters. The number of hydrogen-bond donors (Lipinski definition) is 0. The molecule has 0 bridgehead atoms. The Labute approximate surface area is 472 Å². The van der Waals surface area contributed by atoms with E-state index in [2.05, 4.69) is 81.5 Å². The van der Waals surface area contributed by atoms with Crippen LogP contribution in [0.2, 0.25) is 0 Å². The first kappa shape index (κ1) is 73.1. The molecule has 6 heteroatoms. The zero-order chi connectivity index (χ0) is 55.0. The molecule has 6 nitrogen and oxygen atoms in total. The van der Waals surface area contributed by atoms with Crippen molar-refractivity contribution in [2.24, 2.45) is 0 Å². The highest BCUT2D eigenvalue weighted by Crippen LogP contribution is 2.17. The minimum Gasteiger partial charge on any atom is -0.462 e. The van der Waals surface area contributed by atoms with Crippen LogP contribution in [0, 0.1) is 0 Å². The second-order valence-corrected chi connectivity index (χ2v) is 22.3. The highest BCUT2D eigenvalue weighted by atomic mass is 16.6. The molecule has 0 rings (SSSR count). The number of ether oxygens (including phenoxy) is 3. The van der Waals surface area contributed by atoms with Gasteiger partial charge >= 0.3 is 17.9 Å². The summed E-state index contributed by atoms with van der Waals surface area (Å²) in [6.45, 7) is 6.57. The van der Waals surface area contributed by atoms with Crippen LogP contribution in [0.25, 0.3) is 0 Å². The zero-order valence-electron chi connectivity index (χ0n) is 50.8. The molecule has 1 unspecified atom stereocenters. The van der Waals surface area contributed by atoms with Crippen LogP contribution in [-0.4, -0.2) is 37.2 Å². The summed E-state index contributed by atoms with van der Waals surface area (Å²) in [5, 5.41) is 0. The molecule has 0 heterocycles. The fourth-order valence-corrected chi connectivity index (χ4v) is 9.74. The normalized spacial score (nSPS) is 12.4. The maximum atomic E-state index is 12.9. The molecule has 0 aliphatic carbocycles. The number of allylic oxidation sites excluding steroid dienone is 10. The highest BCUT2D eigenvalue weighted by Gasteiger charge is 2.19. The molecule has 0 amide bonds. The van der Waals surface area contributed by atoms with Crippen molar-refractivity contribution >= 4 is 17.9 Å². The minimum atomic E-state index is -0.782. The Bertz CT molecular complexity index is 1360. The van der Waals surface area contributed by atoms with E-state index in [4.69, 9.17) is 14.2 Å². The van der Waals surface area contributed by atoms with Crippen molar-refractivity contribution in [2.75, 3.05) is 13.2 Å². The zero-order valence-corrected chi connectivity index (χ0v) is 50.8. The van der Waals surface area contributed by atoms with Crippen molar-refractivity contribution in [1.82, 2.24) is 0 Å². The molecule has 0 N–H and O–H groups in total. The highest BCUT2D eigenvalue weighted by molar-refractivity contribution is 5.71. The van der Waals surface area contributed by atoms with Gasteiger partial charge in [0.2, 0.25) is 0 Å². The summed E-state index contributed by atoms with van der Waals surface area (Å²) >= 11 is 0. The molecule has 0 aliphatic heterocycles. The van der Waals surface area contributed by atoms with Gasteiger partial charge in [-0.2, -0.15) is 0 Å². The fourth-order valence-electron chi connectivity index (χ4n) is 9.74. The number of esters is 3. The third-order valence-corrected chi connectivity index (χ3v) is 14.7. The van der Waals surface area contributed by atoms with E-state index in [0.717, 1.165) is 83.5 Å². The molecule has 0 aromatic heterocycles. The number of hydrogen-bond acceptors (Lipinski definition) is 6. The number of unbranched alkanes of at least 4 members (excludes halogenated alkanes) is 40. The van der Waals surface area contributed by atoms with Crippen molar-refractivity contribution in [2.45, 2.75) is 354 Å². The summed E-state index contributed by atoms with van der Waals surface area (Å²) in [4.78, 5) is 38.4. The Morgan fingerprint density at radius 3 is 0.816 bits per heavy atom. The Morgan fingerprint density at radius 1 is 0.276 bits per heavy atom. The summed E-state index contributed by atoms with van der Waals surface area (Å²) in [6.07, 6.45) is 82.3. The van der Waals surface area contributed by atoms with Gasteiger partial charge in [0.05, 0.1) is 0 Å². The first-order chi connectivity index (χ1) is 37.5. The van der Waals surface area contributed by atoms with E-state index in [1.807, 2.05) is 0 Å². The van der Waals surface area contributed by atoms with Gasteiger partial charge in [0.25, 0.3) is 0 Å². The third-order valence-electron chi connectivity index (χ3n) is 14.7. The molecule has 0 aromatic carbocycles. The van der Waals surface area contributed by atoms with Crippen molar-refractivity contribution < 1.29 is 28.6 Å². The molecular weight excluding hydrogens is 937 g/mol. The van der Waals surface area contributed by atoms with Crippen LogP contribution in [0.15, 0.2) is 60.8 Å². The lowest BCUT2D eigenvalue weighted by Crippen LogP contribution is -2.30. The molecule has 0 aliphatic rings. The minimum absolute atomic E-state index is 0.0774. The topological polar surface area (TPSA) is 78.9 Å². The van der Waals surface area contributed by atoms with Gasteiger partial charge < -0.3 is 14.2 Å². The van der Waals surface area contributed by atoms with Crippen molar-refractivity contribution in [3.8, 4) is 0 Å². The SMILES string of the molecule is CC/C=C\C/C=C\C/C=C\CCCCCCCCCC(=O)OCC(COC(=O)CCCCCCCCCCCCC/C=C\CCCCCCCCCC)OC(=O)CCCCCCCCC/C=C\CCCCCCCCC. The summed E-state index contributed by atoms with van der Waals surface area (Å²) in [5.41, 5.74) is 0. The van der Waals surface area contributed by atoms with Gasteiger partial charge in [-0.1, -0.05) is 287 Å². The smallest absolute Gasteiger partial charge is 0.306 e. The van der Waals surface area contributed by atoms with Crippen LogP contribution >= 0.6 is 0 Å². The predicted octanol–water partition coefficient (Wildman–Crippen LogP) is 22.7. The van der Waals surface area contributed by atoms with Crippen molar-refractivity contribution in [3.63, 3.8) is 0 Å². The molecule has 442 valence electrons. The monoisotopic (exact) mass is 1060 g/mol. The second-order valence-electron chi connectivity index (χ2n) is 22.3. The van der Waals surface area contributed by atoms with Crippen LogP contribution in [-0.2, 0) is 28.6 Å². The average Bonchev–Trinajstić information content (AvgIpc) is 3.42. The van der Waals surface area contributed by atoms with E-state index < -0.39 is 6.10 Å². The summed E-state index contributed by atoms with van der Waals surface area (Å²) in [6, 6.07) is 0. The summed E-state index contributed by atoms with van der Waals surface area (Å²) in [5.74, 6) is -0.873. The lowest BCUT2D eigenvalue weighted by molar-refractivity contribution is -0.167.